The van der Waals surface area contributed by atoms with Gasteiger partial charge in [0.2, 0.25) is 0 Å². The highest BCUT2D eigenvalue weighted by Gasteiger charge is 2.12. The summed E-state index contributed by atoms with van der Waals surface area (Å²) in [7, 11) is 0. The van der Waals surface area contributed by atoms with Crippen LogP contribution in [0.25, 0.3) is 0 Å². The van der Waals surface area contributed by atoms with Gasteiger partial charge in [-0.05, 0) is 51.6 Å². The molecular weight excluding hydrogens is 210 g/mol. The van der Waals surface area contributed by atoms with Gasteiger partial charge in [-0.15, -0.1) is 0 Å². The molecule has 1 N–H and O–H groups in total. The Morgan fingerprint density at radius 1 is 1.29 bits per heavy atom. The zero-order valence-electron chi connectivity index (χ0n) is 11.8. The molecule has 1 saturated heterocycles. The largest absolute Gasteiger partial charge is 0.378 e. The Bertz CT molecular complexity index is 166. The van der Waals surface area contributed by atoms with Crippen LogP contribution in [0.5, 0.6) is 0 Å². The van der Waals surface area contributed by atoms with Crippen molar-refractivity contribution < 1.29 is 4.74 Å². The summed E-state index contributed by atoms with van der Waals surface area (Å²) >= 11 is 0. The number of hydrogen-bond acceptors (Lipinski definition) is 2. The lowest BCUT2D eigenvalue weighted by molar-refractivity contribution is 0.0476. The fourth-order valence-electron chi connectivity index (χ4n) is 2.55. The molecule has 2 unspecified atom stereocenters. The van der Waals surface area contributed by atoms with E-state index in [9.17, 15) is 0 Å². The molecule has 0 bridgehead atoms. The highest BCUT2D eigenvalue weighted by atomic mass is 16.5. The smallest absolute Gasteiger partial charge is 0.0547 e. The van der Waals surface area contributed by atoms with Crippen molar-refractivity contribution in [2.45, 2.75) is 71.3 Å². The van der Waals surface area contributed by atoms with Crippen LogP contribution in [0.1, 0.15) is 65.2 Å². The standard InChI is InChI=1S/C15H31NO/c1-3-4-5-6-8-14(2)17-12-10-15-9-7-11-16-13-15/h14-16H,3-13H2,1-2H3. The molecule has 0 aliphatic carbocycles. The van der Waals surface area contributed by atoms with Gasteiger partial charge in [-0.25, -0.2) is 0 Å². The monoisotopic (exact) mass is 241 g/mol. The predicted molar refractivity (Wildman–Crippen MR) is 74.4 cm³/mol. The minimum absolute atomic E-state index is 0.461. The van der Waals surface area contributed by atoms with E-state index in [0.29, 0.717) is 6.10 Å². The fraction of sp³-hybridized carbons (Fsp3) is 1.00. The van der Waals surface area contributed by atoms with E-state index in [1.165, 1.54) is 64.5 Å². The Labute approximate surface area is 108 Å². The van der Waals surface area contributed by atoms with Crippen LogP contribution in [0, 0.1) is 5.92 Å². The number of hydrogen-bond donors (Lipinski definition) is 1. The van der Waals surface area contributed by atoms with Crippen LogP contribution in [0.4, 0.5) is 0 Å². The van der Waals surface area contributed by atoms with Gasteiger partial charge in [0.1, 0.15) is 0 Å². The van der Waals surface area contributed by atoms with Crippen LogP contribution in [-0.2, 0) is 4.74 Å². The first-order valence-corrected chi connectivity index (χ1v) is 7.65. The van der Waals surface area contributed by atoms with Crippen LogP contribution in [0.3, 0.4) is 0 Å². The normalized spacial score (nSPS) is 22.6. The lowest BCUT2D eigenvalue weighted by atomic mass is 9.97. The average Bonchev–Trinajstić information content (AvgIpc) is 2.36. The van der Waals surface area contributed by atoms with Crippen molar-refractivity contribution in [2.24, 2.45) is 5.92 Å². The van der Waals surface area contributed by atoms with Crippen molar-refractivity contribution in [2.75, 3.05) is 19.7 Å². The third-order valence-corrected chi connectivity index (χ3v) is 3.79. The third kappa shape index (κ3) is 7.77. The maximum atomic E-state index is 5.90. The molecule has 0 aromatic rings. The van der Waals surface area contributed by atoms with Crippen LogP contribution in [0.15, 0.2) is 0 Å². The maximum absolute atomic E-state index is 5.90. The summed E-state index contributed by atoms with van der Waals surface area (Å²) in [5, 5.41) is 3.47. The SMILES string of the molecule is CCCCCCC(C)OCCC1CCCNC1. The molecule has 2 atom stereocenters. The molecule has 0 spiro atoms. The lowest BCUT2D eigenvalue weighted by Gasteiger charge is -2.23. The number of nitrogens with one attached hydrogen (secondary N) is 1. The van der Waals surface area contributed by atoms with Gasteiger partial charge >= 0.3 is 0 Å². The second-order valence-corrected chi connectivity index (χ2v) is 5.53. The van der Waals surface area contributed by atoms with Gasteiger partial charge in [0, 0.05) is 6.61 Å². The zero-order valence-corrected chi connectivity index (χ0v) is 11.8. The van der Waals surface area contributed by atoms with Crippen molar-refractivity contribution in [1.29, 1.82) is 0 Å². The molecular formula is C15H31NO. The quantitative estimate of drug-likeness (QED) is 0.621. The van der Waals surface area contributed by atoms with E-state index < -0.39 is 0 Å². The van der Waals surface area contributed by atoms with Crippen molar-refractivity contribution in [1.82, 2.24) is 5.32 Å². The van der Waals surface area contributed by atoms with Gasteiger partial charge in [0.25, 0.3) is 0 Å². The van der Waals surface area contributed by atoms with Crippen molar-refractivity contribution in [3.63, 3.8) is 0 Å². The first-order valence-electron chi connectivity index (χ1n) is 7.65. The molecule has 1 rings (SSSR count). The number of unbranched alkanes of at least 4 members (excludes halogenated alkanes) is 3. The Morgan fingerprint density at radius 3 is 2.88 bits per heavy atom. The molecule has 1 aliphatic heterocycles. The van der Waals surface area contributed by atoms with E-state index in [2.05, 4.69) is 19.2 Å². The summed E-state index contributed by atoms with van der Waals surface area (Å²) in [6.07, 6.45) is 11.1. The van der Waals surface area contributed by atoms with Crippen molar-refractivity contribution >= 4 is 0 Å². The Morgan fingerprint density at radius 2 is 2.18 bits per heavy atom. The van der Waals surface area contributed by atoms with Gasteiger partial charge in [0.05, 0.1) is 6.10 Å². The predicted octanol–water partition coefficient (Wildman–Crippen LogP) is 3.75. The van der Waals surface area contributed by atoms with Gasteiger partial charge in [0.15, 0.2) is 0 Å². The van der Waals surface area contributed by atoms with Gasteiger partial charge in [-0.1, -0.05) is 32.6 Å². The molecule has 0 aromatic heterocycles. The Balaban J connectivity index is 1.90. The second kappa shape index (κ2) is 9.90. The summed E-state index contributed by atoms with van der Waals surface area (Å²) in [6, 6.07) is 0. The van der Waals surface area contributed by atoms with E-state index in [1.54, 1.807) is 0 Å². The summed E-state index contributed by atoms with van der Waals surface area (Å²) in [4.78, 5) is 0. The minimum Gasteiger partial charge on any atom is -0.378 e. The van der Waals surface area contributed by atoms with E-state index in [-0.39, 0.29) is 0 Å². The lowest BCUT2D eigenvalue weighted by Crippen LogP contribution is -2.30. The number of ether oxygens (including phenoxy) is 1. The van der Waals surface area contributed by atoms with Crippen molar-refractivity contribution in [3.8, 4) is 0 Å². The molecule has 2 nitrogen and oxygen atoms in total. The third-order valence-electron chi connectivity index (χ3n) is 3.79. The average molecular weight is 241 g/mol. The summed E-state index contributed by atoms with van der Waals surface area (Å²) < 4.78 is 5.90. The summed E-state index contributed by atoms with van der Waals surface area (Å²) in [5.74, 6) is 0.857. The Hall–Kier alpha value is -0.0800. The highest BCUT2D eigenvalue weighted by Crippen LogP contribution is 2.15. The molecule has 17 heavy (non-hydrogen) atoms. The first kappa shape index (κ1) is 15.0. The second-order valence-electron chi connectivity index (χ2n) is 5.53. The topological polar surface area (TPSA) is 21.3 Å². The molecule has 1 heterocycles. The number of rotatable bonds is 9. The minimum atomic E-state index is 0.461. The van der Waals surface area contributed by atoms with E-state index in [4.69, 9.17) is 4.74 Å². The Kier molecular flexibility index (Phi) is 8.72. The fourth-order valence-corrected chi connectivity index (χ4v) is 2.55. The van der Waals surface area contributed by atoms with Crippen LogP contribution >= 0.6 is 0 Å². The van der Waals surface area contributed by atoms with E-state index in [1.807, 2.05) is 0 Å². The zero-order chi connectivity index (χ0) is 12.3. The van der Waals surface area contributed by atoms with E-state index >= 15 is 0 Å². The first-order chi connectivity index (χ1) is 8.33. The van der Waals surface area contributed by atoms with Crippen molar-refractivity contribution in [3.05, 3.63) is 0 Å². The van der Waals surface area contributed by atoms with Gasteiger partial charge in [-0.3, -0.25) is 0 Å². The molecule has 0 aromatic carbocycles. The van der Waals surface area contributed by atoms with E-state index in [0.717, 1.165) is 12.5 Å². The molecule has 0 saturated carbocycles. The van der Waals surface area contributed by atoms with Gasteiger partial charge < -0.3 is 10.1 Å². The van der Waals surface area contributed by atoms with Crippen LogP contribution < -0.4 is 5.32 Å². The molecule has 1 fully saturated rings. The number of piperidine rings is 1. The van der Waals surface area contributed by atoms with Crippen LogP contribution in [0.2, 0.25) is 0 Å². The highest BCUT2D eigenvalue weighted by molar-refractivity contribution is 4.68. The molecule has 1 aliphatic rings. The van der Waals surface area contributed by atoms with Gasteiger partial charge in [-0.2, -0.15) is 0 Å². The summed E-state index contributed by atoms with van der Waals surface area (Å²) in [5.41, 5.74) is 0. The molecule has 2 heteroatoms. The van der Waals surface area contributed by atoms with Crippen LogP contribution in [-0.4, -0.2) is 25.8 Å². The molecule has 102 valence electrons. The molecule has 0 amide bonds. The maximum Gasteiger partial charge on any atom is 0.0547 e. The summed E-state index contributed by atoms with van der Waals surface area (Å²) in [6.45, 7) is 7.87. The molecule has 0 radical (unpaired) electrons.